The van der Waals surface area contributed by atoms with Crippen LogP contribution in [0.25, 0.3) is 0 Å². The van der Waals surface area contributed by atoms with E-state index in [1.807, 2.05) is 0 Å². The highest BCUT2D eigenvalue weighted by molar-refractivity contribution is 6.74. The Hall–Kier alpha value is -1.40. The molecule has 0 spiro atoms. The summed E-state index contributed by atoms with van der Waals surface area (Å²) in [7, 11) is 0.699. The maximum absolute atomic E-state index is 12.4. The Balaban J connectivity index is 5.17. The van der Waals surface area contributed by atoms with Crippen molar-refractivity contribution in [3.8, 4) is 0 Å². The molecule has 0 N–H and O–H groups in total. The molecule has 0 aromatic carbocycles. The predicted molar refractivity (Wildman–Crippen MR) is 103 cm³/mol. The van der Waals surface area contributed by atoms with Gasteiger partial charge in [-0.2, -0.15) is 0 Å². The monoisotopic (exact) mass is 370 g/mol. The zero-order chi connectivity index (χ0) is 19.7. The summed E-state index contributed by atoms with van der Waals surface area (Å²) in [6.07, 6.45) is 6.11. The minimum absolute atomic E-state index is 0.113. The molecule has 0 saturated heterocycles. The normalized spacial score (nSPS) is 12.9. The largest absolute Gasteiger partial charge is 0.468 e. The van der Waals surface area contributed by atoms with Gasteiger partial charge in [-0.25, -0.2) is 0 Å². The first-order chi connectivity index (χ1) is 11.5. The lowest BCUT2D eigenvalue weighted by atomic mass is 9.79. The van der Waals surface area contributed by atoms with Crippen LogP contribution < -0.4 is 0 Å². The molecule has 0 rings (SSSR count). The topological polar surface area (TPSA) is 61.8 Å². The number of carbonyl (C=O) groups is 2. The lowest BCUT2D eigenvalue weighted by Crippen LogP contribution is -2.43. The average Bonchev–Trinajstić information content (AvgIpc) is 2.54. The van der Waals surface area contributed by atoms with Crippen molar-refractivity contribution < 1.29 is 23.5 Å². The third-order valence-corrected chi connectivity index (χ3v) is 9.45. The van der Waals surface area contributed by atoms with Gasteiger partial charge in [-0.05, 0) is 37.4 Å². The minimum atomic E-state index is -1.86. The highest BCUT2D eigenvalue weighted by Gasteiger charge is 2.47. The summed E-state index contributed by atoms with van der Waals surface area (Å²) in [5.41, 5.74) is -1.35. The minimum Gasteiger partial charge on any atom is -0.468 e. The van der Waals surface area contributed by atoms with Crippen molar-refractivity contribution in [3.63, 3.8) is 0 Å². The summed E-state index contributed by atoms with van der Waals surface area (Å²) < 4.78 is 15.9. The molecule has 0 aliphatic carbocycles. The van der Waals surface area contributed by atoms with Crippen LogP contribution in [0.2, 0.25) is 18.1 Å². The molecule has 0 aromatic heterocycles. The number of rotatable bonds is 10. The molecule has 0 fully saturated rings. The van der Waals surface area contributed by atoms with Crippen molar-refractivity contribution in [1.29, 1.82) is 0 Å². The first-order valence-electron chi connectivity index (χ1n) is 8.57. The zero-order valence-corrected chi connectivity index (χ0v) is 17.8. The highest BCUT2D eigenvalue weighted by atomic mass is 28.4. The average molecular weight is 371 g/mol. The van der Waals surface area contributed by atoms with Crippen LogP contribution in [0, 0.1) is 5.41 Å². The molecule has 0 amide bonds. The summed E-state index contributed by atoms with van der Waals surface area (Å²) >= 11 is 0. The van der Waals surface area contributed by atoms with Crippen LogP contribution >= 0.6 is 0 Å². The van der Waals surface area contributed by atoms with E-state index in [-0.39, 0.29) is 11.5 Å². The van der Waals surface area contributed by atoms with E-state index in [0.29, 0.717) is 19.4 Å². The maximum Gasteiger partial charge on any atom is 0.323 e. The quantitative estimate of drug-likeness (QED) is 0.189. The zero-order valence-electron chi connectivity index (χ0n) is 16.8. The molecule has 0 heterocycles. The molecule has 25 heavy (non-hydrogen) atoms. The van der Waals surface area contributed by atoms with Gasteiger partial charge in [0.2, 0.25) is 0 Å². The predicted octanol–water partition coefficient (Wildman–Crippen LogP) is 4.25. The Bertz CT molecular complexity index is 473. The molecule has 0 saturated carbocycles. The first-order valence-corrected chi connectivity index (χ1v) is 11.5. The molecule has 0 aromatic rings. The van der Waals surface area contributed by atoms with E-state index in [4.69, 9.17) is 13.9 Å². The SMILES string of the molecule is C=C/C=C/CC(CCCO[Si](C)(C)C(C)(C)C)(C(=O)OC)C(=O)OC. The molecule has 0 aliphatic rings. The van der Waals surface area contributed by atoms with E-state index in [1.165, 1.54) is 14.2 Å². The lowest BCUT2D eigenvalue weighted by Gasteiger charge is -2.36. The number of carbonyl (C=O) groups excluding carboxylic acids is 2. The number of hydrogen-bond acceptors (Lipinski definition) is 5. The molecular formula is C19H34O5Si. The summed E-state index contributed by atoms with van der Waals surface area (Å²) in [5, 5.41) is 0.113. The van der Waals surface area contributed by atoms with Crippen LogP contribution in [-0.2, 0) is 23.5 Å². The summed E-state index contributed by atoms with van der Waals surface area (Å²) in [6, 6.07) is 0. The van der Waals surface area contributed by atoms with Gasteiger partial charge < -0.3 is 13.9 Å². The number of hydrogen-bond donors (Lipinski definition) is 0. The first kappa shape index (κ1) is 23.6. The third kappa shape index (κ3) is 6.43. The van der Waals surface area contributed by atoms with Crippen molar-refractivity contribution in [2.45, 2.75) is 58.2 Å². The van der Waals surface area contributed by atoms with E-state index < -0.39 is 25.7 Å². The number of allylic oxidation sites excluding steroid dienone is 3. The van der Waals surface area contributed by atoms with Gasteiger partial charge in [0.1, 0.15) is 0 Å². The van der Waals surface area contributed by atoms with Gasteiger partial charge in [0.25, 0.3) is 0 Å². The van der Waals surface area contributed by atoms with E-state index in [1.54, 1.807) is 18.2 Å². The molecule has 0 aliphatic heterocycles. The third-order valence-electron chi connectivity index (χ3n) is 4.91. The van der Waals surface area contributed by atoms with Gasteiger partial charge in [-0.15, -0.1) is 0 Å². The van der Waals surface area contributed by atoms with E-state index >= 15 is 0 Å². The van der Waals surface area contributed by atoms with Gasteiger partial charge in [-0.1, -0.05) is 45.6 Å². The molecule has 0 unspecified atom stereocenters. The van der Waals surface area contributed by atoms with E-state index in [9.17, 15) is 9.59 Å². The molecule has 144 valence electrons. The van der Waals surface area contributed by atoms with Crippen molar-refractivity contribution >= 4 is 20.3 Å². The summed E-state index contributed by atoms with van der Waals surface area (Å²) in [4.78, 5) is 24.7. The number of methoxy groups -OCH3 is 2. The lowest BCUT2D eigenvalue weighted by molar-refractivity contribution is -0.169. The fourth-order valence-electron chi connectivity index (χ4n) is 2.23. The molecule has 0 atom stereocenters. The molecule has 0 radical (unpaired) electrons. The van der Waals surface area contributed by atoms with Crippen LogP contribution in [0.15, 0.2) is 24.8 Å². The van der Waals surface area contributed by atoms with Gasteiger partial charge in [-0.3, -0.25) is 9.59 Å². The fraction of sp³-hybridized carbons (Fsp3) is 0.684. The Morgan fingerprint density at radius 2 is 1.60 bits per heavy atom. The molecule has 0 bridgehead atoms. The number of esters is 2. The Morgan fingerprint density at radius 1 is 1.08 bits per heavy atom. The van der Waals surface area contributed by atoms with Crippen molar-refractivity contribution in [2.75, 3.05) is 20.8 Å². The summed E-state index contributed by atoms with van der Waals surface area (Å²) in [6.45, 7) is 15.0. The summed E-state index contributed by atoms with van der Waals surface area (Å²) in [5.74, 6) is -1.17. The van der Waals surface area contributed by atoms with Crippen LogP contribution in [0.5, 0.6) is 0 Å². The van der Waals surface area contributed by atoms with E-state index in [0.717, 1.165) is 0 Å². The van der Waals surface area contributed by atoms with Crippen molar-refractivity contribution in [2.24, 2.45) is 5.41 Å². The van der Waals surface area contributed by atoms with Crippen LogP contribution in [-0.4, -0.2) is 41.1 Å². The van der Waals surface area contributed by atoms with Gasteiger partial charge >= 0.3 is 11.9 Å². The van der Waals surface area contributed by atoms with Crippen LogP contribution in [0.4, 0.5) is 0 Å². The van der Waals surface area contributed by atoms with E-state index in [2.05, 4.69) is 40.4 Å². The second kappa shape index (κ2) is 9.92. The Labute approximate surface area is 153 Å². The smallest absolute Gasteiger partial charge is 0.323 e. The molecular weight excluding hydrogens is 336 g/mol. The van der Waals surface area contributed by atoms with Gasteiger partial charge in [0, 0.05) is 6.61 Å². The van der Waals surface area contributed by atoms with Gasteiger partial charge in [0.15, 0.2) is 13.7 Å². The molecule has 5 nitrogen and oxygen atoms in total. The Kier molecular flexibility index (Phi) is 9.36. The molecule has 6 heteroatoms. The maximum atomic E-state index is 12.4. The second-order valence-electron chi connectivity index (χ2n) is 7.65. The highest BCUT2D eigenvalue weighted by Crippen LogP contribution is 2.37. The van der Waals surface area contributed by atoms with Crippen LogP contribution in [0.1, 0.15) is 40.0 Å². The second-order valence-corrected chi connectivity index (χ2v) is 12.5. The van der Waals surface area contributed by atoms with Crippen LogP contribution in [0.3, 0.4) is 0 Å². The fourth-order valence-corrected chi connectivity index (χ4v) is 3.32. The van der Waals surface area contributed by atoms with Crippen molar-refractivity contribution in [1.82, 2.24) is 0 Å². The van der Waals surface area contributed by atoms with Gasteiger partial charge in [0.05, 0.1) is 14.2 Å². The Morgan fingerprint density at radius 3 is 2.00 bits per heavy atom. The number of ether oxygens (including phenoxy) is 2. The van der Waals surface area contributed by atoms with Crippen molar-refractivity contribution in [3.05, 3.63) is 24.8 Å². The standard InChI is InChI=1S/C19H34O5Si/c1-9-10-11-13-19(16(20)22-5,17(21)23-6)14-12-15-24-25(7,8)18(2,3)4/h9-11H,1,12-15H2,2-8H3/b11-10+.